The lowest BCUT2D eigenvalue weighted by atomic mass is 9.49. The summed E-state index contributed by atoms with van der Waals surface area (Å²) in [6.45, 7) is 11.0. The molecular weight excluding hydrogens is 450 g/mol. The summed E-state index contributed by atoms with van der Waals surface area (Å²) in [5.74, 6) is 1.46. The number of piperidine rings is 1. The third kappa shape index (κ3) is 5.03. The normalized spacial score (nSPS) is 27.2. The van der Waals surface area contributed by atoms with Gasteiger partial charge in [0, 0.05) is 30.1 Å². The monoisotopic (exact) mass is 487 g/mol. The quantitative estimate of drug-likeness (QED) is 0.443. The Morgan fingerprint density at radius 1 is 1.29 bits per heavy atom. The van der Waals surface area contributed by atoms with E-state index in [1.165, 1.54) is 44.2 Å². The fourth-order valence-electron chi connectivity index (χ4n) is 5.84. The Balaban J connectivity index is 1.42. The van der Waals surface area contributed by atoms with E-state index in [0.29, 0.717) is 17.4 Å². The summed E-state index contributed by atoms with van der Waals surface area (Å²) in [6.07, 6.45) is 9.88. The van der Waals surface area contributed by atoms with E-state index in [4.69, 9.17) is 0 Å². The van der Waals surface area contributed by atoms with Crippen LogP contribution in [0.4, 0.5) is 10.5 Å². The van der Waals surface area contributed by atoms with E-state index in [-0.39, 0.29) is 6.03 Å². The minimum atomic E-state index is 0.0127. The van der Waals surface area contributed by atoms with Crippen LogP contribution in [0, 0.1) is 17.3 Å². The van der Waals surface area contributed by atoms with Crippen LogP contribution in [-0.2, 0) is 0 Å². The smallest absolute Gasteiger partial charge is 0.320 e. The van der Waals surface area contributed by atoms with E-state index >= 15 is 0 Å². The number of hydrogen-bond acceptors (Lipinski definition) is 2. The third-order valence-electron chi connectivity index (χ3n) is 8.17. The number of urea groups is 1. The first-order valence-corrected chi connectivity index (χ1v) is 12.9. The molecule has 2 bridgehead atoms. The molecule has 3 atom stereocenters. The second-order valence-corrected chi connectivity index (χ2v) is 11.2. The minimum absolute atomic E-state index is 0.0127. The van der Waals surface area contributed by atoms with Crippen LogP contribution in [-0.4, -0.2) is 48.1 Å². The van der Waals surface area contributed by atoms with Crippen molar-refractivity contribution in [1.29, 1.82) is 0 Å². The van der Waals surface area contributed by atoms with Gasteiger partial charge in [0.15, 0.2) is 0 Å². The van der Waals surface area contributed by atoms with Gasteiger partial charge in [-0.15, -0.1) is 0 Å². The van der Waals surface area contributed by atoms with Crippen LogP contribution in [0.15, 0.2) is 40.4 Å². The third-order valence-corrected chi connectivity index (χ3v) is 8.86. The molecule has 2 fully saturated rings. The summed E-state index contributed by atoms with van der Waals surface area (Å²) in [5.41, 5.74) is 2.70. The van der Waals surface area contributed by atoms with E-state index in [2.05, 4.69) is 57.9 Å². The molecule has 1 aromatic carbocycles. The van der Waals surface area contributed by atoms with Gasteiger partial charge in [-0.1, -0.05) is 44.1 Å². The molecule has 1 saturated carbocycles. The van der Waals surface area contributed by atoms with Gasteiger partial charge in [-0.05, 0) is 90.9 Å². The lowest BCUT2D eigenvalue weighted by Crippen LogP contribution is -2.50. The summed E-state index contributed by atoms with van der Waals surface area (Å²) in [7, 11) is 0. The molecule has 5 heteroatoms. The average Bonchev–Trinajstić information content (AvgIpc) is 2.76. The Bertz CT molecular complexity index is 821. The molecule has 5 rings (SSSR count). The number of fused-ring (bicyclic) bond motifs is 1. The summed E-state index contributed by atoms with van der Waals surface area (Å²) in [4.78, 5) is 18.0. The molecule has 3 aliphatic carbocycles. The van der Waals surface area contributed by atoms with Crippen LogP contribution in [0.5, 0.6) is 0 Å². The van der Waals surface area contributed by atoms with E-state index in [0.717, 1.165) is 42.1 Å². The van der Waals surface area contributed by atoms with Gasteiger partial charge in [0.1, 0.15) is 0 Å². The first-order valence-electron chi connectivity index (χ1n) is 12.1. The van der Waals surface area contributed by atoms with E-state index < -0.39 is 0 Å². The molecule has 0 aromatic heterocycles. The van der Waals surface area contributed by atoms with Crippen LogP contribution in [0.3, 0.4) is 0 Å². The standard InChI is InChI=1S/C26H38BrN3O/c1-19-9-6-7-14-29(19)15-8-16-30(25(31)28-24-11-5-4-10-23(24)27)18-20-12-13-21-17-22(20)26(21,2)3/h4-5,10-12,19,21-22H,6-9,13-18H2,1-3H3,(H,28,31). The van der Waals surface area contributed by atoms with Crippen LogP contribution in [0.2, 0.25) is 0 Å². The highest BCUT2D eigenvalue weighted by atomic mass is 79.9. The zero-order valence-electron chi connectivity index (χ0n) is 19.4. The number of amides is 2. The molecule has 1 heterocycles. The van der Waals surface area contributed by atoms with Crippen molar-refractivity contribution in [1.82, 2.24) is 9.80 Å². The number of anilines is 1. The Morgan fingerprint density at radius 2 is 2.10 bits per heavy atom. The Labute approximate surface area is 196 Å². The fraction of sp³-hybridized carbons (Fsp3) is 0.654. The molecule has 0 spiro atoms. The van der Waals surface area contributed by atoms with Crippen LogP contribution in [0.1, 0.15) is 59.3 Å². The number of nitrogens with zero attached hydrogens (tertiary/aromatic N) is 2. The van der Waals surface area contributed by atoms with Crippen LogP contribution >= 0.6 is 15.9 Å². The number of benzene rings is 1. The molecule has 1 aliphatic heterocycles. The van der Waals surface area contributed by atoms with Crippen molar-refractivity contribution in [2.75, 3.05) is 31.5 Å². The fourth-order valence-corrected chi connectivity index (χ4v) is 6.22. The molecule has 2 amide bonds. The number of rotatable bonds is 7. The molecule has 1 saturated heterocycles. The maximum absolute atomic E-state index is 13.3. The number of carbonyl (C=O) groups is 1. The molecular formula is C26H38BrN3O. The van der Waals surface area contributed by atoms with Crippen molar-refractivity contribution < 1.29 is 4.79 Å². The van der Waals surface area contributed by atoms with Gasteiger partial charge in [-0.2, -0.15) is 0 Å². The number of para-hydroxylation sites is 1. The molecule has 0 radical (unpaired) electrons. The molecule has 31 heavy (non-hydrogen) atoms. The summed E-state index contributed by atoms with van der Waals surface area (Å²) in [6, 6.07) is 8.54. The maximum Gasteiger partial charge on any atom is 0.322 e. The summed E-state index contributed by atoms with van der Waals surface area (Å²) in [5, 5.41) is 3.14. The Hall–Kier alpha value is -1.33. The van der Waals surface area contributed by atoms with E-state index in [1.54, 1.807) is 0 Å². The number of likely N-dealkylation sites (tertiary alicyclic amines) is 1. The predicted octanol–water partition coefficient (Wildman–Crippen LogP) is 6.54. The first kappa shape index (κ1) is 22.8. The van der Waals surface area contributed by atoms with Crippen molar-refractivity contribution in [2.24, 2.45) is 17.3 Å². The SMILES string of the molecule is CC1CCCCN1CCCN(CC1=CCC2CC1C2(C)C)C(=O)Nc1ccccc1Br. The highest BCUT2D eigenvalue weighted by Gasteiger charge is 2.51. The summed E-state index contributed by atoms with van der Waals surface area (Å²) < 4.78 is 0.922. The second kappa shape index (κ2) is 9.66. The molecule has 1 aromatic rings. The minimum Gasteiger partial charge on any atom is -0.320 e. The molecule has 4 aliphatic rings. The summed E-state index contributed by atoms with van der Waals surface area (Å²) >= 11 is 3.56. The average molecular weight is 489 g/mol. The Kier molecular flexibility index (Phi) is 7.12. The van der Waals surface area contributed by atoms with Gasteiger partial charge < -0.3 is 15.1 Å². The van der Waals surface area contributed by atoms with Gasteiger partial charge in [-0.3, -0.25) is 0 Å². The van der Waals surface area contributed by atoms with Gasteiger partial charge in [0.25, 0.3) is 0 Å². The zero-order valence-corrected chi connectivity index (χ0v) is 21.0. The number of carbonyl (C=O) groups excluding carboxylic acids is 1. The van der Waals surface area contributed by atoms with Crippen molar-refractivity contribution in [2.45, 2.75) is 65.3 Å². The lowest BCUT2D eigenvalue weighted by molar-refractivity contribution is -0.00958. The topological polar surface area (TPSA) is 35.6 Å². The largest absolute Gasteiger partial charge is 0.322 e. The second-order valence-electron chi connectivity index (χ2n) is 10.4. The lowest BCUT2D eigenvalue weighted by Gasteiger charge is -2.57. The van der Waals surface area contributed by atoms with Crippen molar-refractivity contribution >= 4 is 27.6 Å². The first-order chi connectivity index (χ1) is 14.9. The molecule has 3 unspecified atom stereocenters. The number of nitrogens with one attached hydrogen (secondary N) is 1. The van der Waals surface area contributed by atoms with Crippen molar-refractivity contribution in [3.8, 4) is 0 Å². The maximum atomic E-state index is 13.3. The molecule has 1 N–H and O–H groups in total. The Morgan fingerprint density at radius 3 is 2.81 bits per heavy atom. The highest BCUT2D eigenvalue weighted by molar-refractivity contribution is 9.10. The van der Waals surface area contributed by atoms with Gasteiger partial charge >= 0.3 is 6.03 Å². The van der Waals surface area contributed by atoms with Gasteiger partial charge in [0.2, 0.25) is 0 Å². The van der Waals surface area contributed by atoms with Gasteiger partial charge in [0.05, 0.1) is 5.69 Å². The predicted molar refractivity (Wildman–Crippen MR) is 132 cm³/mol. The van der Waals surface area contributed by atoms with E-state index in [9.17, 15) is 4.79 Å². The number of hydrogen-bond donors (Lipinski definition) is 1. The van der Waals surface area contributed by atoms with Crippen molar-refractivity contribution in [3.63, 3.8) is 0 Å². The van der Waals surface area contributed by atoms with E-state index in [1.807, 2.05) is 24.3 Å². The van der Waals surface area contributed by atoms with Gasteiger partial charge in [-0.25, -0.2) is 4.79 Å². The number of allylic oxidation sites excluding steroid dienone is 1. The van der Waals surface area contributed by atoms with Crippen LogP contribution < -0.4 is 5.32 Å². The molecule has 4 nitrogen and oxygen atoms in total. The van der Waals surface area contributed by atoms with Crippen LogP contribution in [0.25, 0.3) is 0 Å². The molecule has 170 valence electrons. The van der Waals surface area contributed by atoms with Crippen molar-refractivity contribution in [3.05, 3.63) is 40.4 Å². The number of halogens is 1. The zero-order chi connectivity index (χ0) is 22.0. The highest BCUT2D eigenvalue weighted by Crippen LogP contribution is 2.59.